The predicted molar refractivity (Wildman–Crippen MR) is 116 cm³/mol. The number of benzene rings is 2. The third-order valence-electron chi connectivity index (χ3n) is 4.67. The maximum Gasteiger partial charge on any atom is 0.416 e. The van der Waals surface area contributed by atoms with Crippen LogP contribution in [0.5, 0.6) is 5.75 Å². The molecule has 0 fully saturated rings. The average molecular weight is 444 g/mol. The van der Waals surface area contributed by atoms with Crippen LogP contribution in [0.3, 0.4) is 0 Å². The Bertz CT molecular complexity index is 1060. The zero-order valence-electron chi connectivity index (χ0n) is 17.7. The summed E-state index contributed by atoms with van der Waals surface area (Å²) in [7, 11) is 0. The summed E-state index contributed by atoms with van der Waals surface area (Å²) in [5.74, 6) is -0.250. The molecule has 0 saturated carbocycles. The van der Waals surface area contributed by atoms with Crippen LogP contribution in [0.15, 0.2) is 66.9 Å². The lowest BCUT2D eigenvalue weighted by Crippen LogP contribution is -2.32. The molecule has 1 aliphatic rings. The second-order valence-corrected chi connectivity index (χ2v) is 7.69. The summed E-state index contributed by atoms with van der Waals surface area (Å²) >= 11 is 0. The summed E-state index contributed by atoms with van der Waals surface area (Å²) in [6, 6.07) is 11.1. The van der Waals surface area contributed by atoms with Crippen LogP contribution in [0.4, 0.5) is 18.9 Å². The van der Waals surface area contributed by atoms with Crippen LogP contribution < -0.4 is 10.1 Å². The molecule has 0 saturated heterocycles. The van der Waals surface area contributed by atoms with E-state index in [-0.39, 0.29) is 23.5 Å². The molecule has 2 aromatic rings. The third kappa shape index (κ3) is 5.01. The van der Waals surface area contributed by atoms with Gasteiger partial charge in [-0.2, -0.15) is 13.2 Å². The van der Waals surface area contributed by atoms with Gasteiger partial charge in [-0.1, -0.05) is 38.1 Å². The van der Waals surface area contributed by atoms with Gasteiger partial charge >= 0.3 is 6.18 Å². The highest BCUT2D eigenvalue weighted by Crippen LogP contribution is 2.34. The highest BCUT2D eigenvalue weighted by Gasteiger charge is 2.39. The number of imide groups is 1. The normalized spacial score (nSPS) is 14.4. The number of hydrogen-bond acceptors (Lipinski definition) is 4. The summed E-state index contributed by atoms with van der Waals surface area (Å²) in [5, 5.41) is 2.73. The third-order valence-corrected chi connectivity index (χ3v) is 4.67. The van der Waals surface area contributed by atoms with Gasteiger partial charge in [0, 0.05) is 12.2 Å². The standard InChI is InChI=1S/C24H23F3N2O3/c1-4-12-29-22(30)20(16-8-10-19(11-9-16)32-14-15(2)3)21(23(29)31)28-18-7-5-6-17(13-18)24(25,26)27/h4-11,13,15,28H,1,12,14H2,2-3H3. The van der Waals surface area contributed by atoms with Gasteiger partial charge in [0.15, 0.2) is 0 Å². The fourth-order valence-electron chi connectivity index (χ4n) is 3.15. The van der Waals surface area contributed by atoms with Crippen molar-refractivity contribution in [3.63, 3.8) is 0 Å². The van der Waals surface area contributed by atoms with Crippen molar-refractivity contribution in [3.05, 3.63) is 78.0 Å². The van der Waals surface area contributed by atoms with Crippen molar-refractivity contribution in [1.82, 2.24) is 4.90 Å². The fourth-order valence-corrected chi connectivity index (χ4v) is 3.15. The number of anilines is 1. The Morgan fingerprint density at radius 1 is 1.09 bits per heavy atom. The maximum absolute atomic E-state index is 13.1. The lowest BCUT2D eigenvalue weighted by atomic mass is 10.0. The number of amides is 2. The summed E-state index contributed by atoms with van der Waals surface area (Å²) in [5.41, 5.74) is -0.389. The minimum Gasteiger partial charge on any atom is -0.493 e. The largest absolute Gasteiger partial charge is 0.493 e. The molecule has 0 aliphatic carbocycles. The van der Waals surface area contributed by atoms with Gasteiger partial charge in [-0.3, -0.25) is 14.5 Å². The van der Waals surface area contributed by atoms with Crippen molar-refractivity contribution in [2.75, 3.05) is 18.5 Å². The van der Waals surface area contributed by atoms with Crippen molar-refractivity contribution in [2.24, 2.45) is 5.92 Å². The van der Waals surface area contributed by atoms with Gasteiger partial charge in [-0.05, 0) is 41.8 Å². The zero-order chi connectivity index (χ0) is 23.5. The number of nitrogens with one attached hydrogen (secondary N) is 1. The highest BCUT2D eigenvalue weighted by atomic mass is 19.4. The SMILES string of the molecule is C=CCN1C(=O)C(Nc2cccc(C(F)(F)F)c2)=C(c2ccc(OCC(C)C)cc2)C1=O. The number of nitrogens with zero attached hydrogens (tertiary/aromatic N) is 1. The number of alkyl halides is 3. The van der Waals surface area contributed by atoms with Gasteiger partial charge in [0.1, 0.15) is 11.4 Å². The van der Waals surface area contributed by atoms with E-state index >= 15 is 0 Å². The Hall–Kier alpha value is -3.55. The molecule has 1 heterocycles. The van der Waals surface area contributed by atoms with Gasteiger partial charge in [0.25, 0.3) is 11.8 Å². The molecule has 8 heteroatoms. The topological polar surface area (TPSA) is 58.6 Å². The molecule has 1 N–H and O–H groups in total. The molecule has 2 aromatic carbocycles. The second kappa shape index (κ2) is 9.30. The Balaban J connectivity index is 1.99. The van der Waals surface area contributed by atoms with Crippen LogP contribution in [0.25, 0.3) is 5.57 Å². The molecule has 0 radical (unpaired) electrons. The summed E-state index contributed by atoms with van der Waals surface area (Å²) in [6.45, 7) is 8.09. The first kappa shape index (κ1) is 23.1. The van der Waals surface area contributed by atoms with E-state index in [0.717, 1.165) is 17.0 Å². The van der Waals surface area contributed by atoms with E-state index in [0.29, 0.717) is 23.8 Å². The van der Waals surface area contributed by atoms with Crippen molar-refractivity contribution in [3.8, 4) is 5.75 Å². The molecule has 0 unspecified atom stereocenters. The van der Waals surface area contributed by atoms with E-state index in [2.05, 4.69) is 11.9 Å². The van der Waals surface area contributed by atoms with Crippen molar-refractivity contribution < 1.29 is 27.5 Å². The van der Waals surface area contributed by atoms with Gasteiger partial charge < -0.3 is 10.1 Å². The Kier molecular flexibility index (Phi) is 6.72. The zero-order valence-corrected chi connectivity index (χ0v) is 17.7. The highest BCUT2D eigenvalue weighted by molar-refractivity contribution is 6.36. The molecule has 2 amide bonds. The van der Waals surface area contributed by atoms with E-state index in [1.165, 1.54) is 18.2 Å². The molecule has 32 heavy (non-hydrogen) atoms. The monoisotopic (exact) mass is 444 g/mol. The van der Waals surface area contributed by atoms with E-state index in [1.807, 2.05) is 13.8 Å². The maximum atomic E-state index is 13.1. The number of halogens is 3. The molecular formula is C24H23F3N2O3. The predicted octanol–water partition coefficient (Wildman–Crippen LogP) is 5.12. The van der Waals surface area contributed by atoms with Crippen LogP contribution in [-0.2, 0) is 15.8 Å². The molecular weight excluding hydrogens is 421 g/mol. The molecule has 1 aliphatic heterocycles. The average Bonchev–Trinajstić information content (AvgIpc) is 2.97. The van der Waals surface area contributed by atoms with Gasteiger partial charge in [0.05, 0.1) is 17.7 Å². The lowest BCUT2D eigenvalue weighted by Gasteiger charge is -2.13. The van der Waals surface area contributed by atoms with Crippen LogP contribution >= 0.6 is 0 Å². The van der Waals surface area contributed by atoms with E-state index in [4.69, 9.17) is 4.74 Å². The molecule has 0 aromatic heterocycles. The van der Waals surface area contributed by atoms with E-state index in [1.54, 1.807) is 24.3 Å². The Labute approximate surface area is 184 Å². The van der Waals surface area contributed by atoms with Gasteiger partial charge in [-0.15, -0.1) is 6.58 Å². The Morgan fingerprint density at radius 2 is 1.78 bits per heavy atom. The molecule has 3 rings (SSSR count). The van der Waals surface area contributed by atoms with E-state index < -0.39 is 23.6 Å². The van der Waals surface area contributed by atoms with Crippen LogP contribution in [0.1, 0.15) is 25.0 Å². The minimum absolute atomic E-state index is 0.0233. The minimum atomic E-state index is -4.54. The smallest absolute Gasteiger partial charge is 0.416 e. The van der Waals surface area contributed by atoms with Crippen molar-refractivity contribution in [1.29, 1.82) is 0 Å². The summed E-state index contributed by atoms with van der Waals surface area (Å²) in [4.78, 5) is 26.9. The Morgan fingerprint density at radius 3 is 2.38 bits per heavy atom. The molecule has 5 nitrogen and oxygen atoms in total. The quantitative estimate of drug-likeness (QED) is 0.454. The summed E-state index contributed by atoms with van der Waals surface area (Å²) in [6.07, 6.45) is -3.13. The lowest BCUT2D eigenvalue weighted by molar-refractivity contribution is -0.138. The number of ether oxygens (including phenoxy) is 1. The summed E-state index contributed by atoms with van der Waals surface area (Å²) < 4.78 is 44.9. The molecule has 0 spiro atoms. The van der Waals surface area contributed by atoms with Crippen LogP contribution in [-0.4, -0.2) is 29.9 Å². The van der Waals surface area contributed by atoms with Gasteiger partial charge in [0.2, 0.25) is 0 Å². The number of rotatable bonds is 8. The first-order valence-electron chi connectivity index (χ1n) is 10.0. The number of carbonyl (C=O) groups excluding carboxylic acids is 2. The fraction of sp³-hybridized carbons (Fsp3) is 0.250. The van der Waals surface area contributed by atoms with E-state index in [9.17, 15) is 22.8 Å². The number of carbonyl (C=O) groups is 2. The number of hydrogen-bond donors (Lipinski definition) is 1. The molecule has 168 valence electrons. The first-order chi connectivity index (χ1) is 15.1. The van der Waals surface area contributed by atoms with Crippen LogP contribution in [0, 0.1) is 5.92 Å². The van der Waals surface area contributed by atoms with Gasteiger partial charge in [-0.25, -0.2) is 0 Å². The molecule has 0 atom stereocenters. The first-order valence-corrected chi connectivity index (χ1v) is 10.0. The van der Waals surface area contributed by atoms with Crippen molar-refractivity contribution >= 4 is 23.1 Å². The van der Waals surface area contributed by atoms with Crippen LogP contribution in [0.2, 0.25) is 0 Å². The second-order valence-electron chi connectivity index (χ2n) is 7.69. The van der Waals surface area contributed by atoms with Crippen molar-refractivity contribution in [2.45, 2.75) is 20.0 Å². The molecule has 0 bridgehead atoms.